The van der Waals surface area contributed by atoms with Gasteiger partial charge < -0.3 is 20.1 Å². The molecule has 1 heterocycles. The fourth-order valence-electron chi connectivity index (χ4n) is 3.28. The summed E-state index contributed by atoms with van der Waals surface area (Å²) in [7, 11) is 3.22. The lowest BCUT2D eigenvalue weighted by Gasteiger charge is -2.12. The van der Waals surface area contributed by atoms with E-state index in [2.05, 4.69) is 16.7 Å². The van der Waals surface area contributed by atoms with E-state index in [0.717, 1.165) is 26.4 Å². The minimum absolute atomic E-state index is 0.372. The van der Waals surface area contributed by atoms with Gasteiger partial charge in [0.25, 0.3) is 0 Å². The third kappa shape index (κ3) is 5.50. The molecule has 3 aromatic carbocycles. The molecule has 0 saturated carbocycles. The van der Waals surface area contributed by atoms with Crippen molar-refractivity contribution in [3.63, 3.8) is 0 Å². The van der Waals surface area contributed by atoms with Crippen molar-refractivity contribution in [1.82, 2.24) is 4.98 Å². The van der Waals surface area contributed by atoms with Crippen LogP contribution in [0.1, 0.15) is 5.69 Å². The first-order chi connectivity index (χ1) is 16.4. The van der Waals surface area contributed by atoms with Gasteiger partial charge in [0, 0.05) is 32.6 Å². The Balaban J connectivity index is 1.46. The number of methoxy groups -OCH3 is 2. The fourth-order valence-corrected chi connectivity index (χ4v) is 4.49. The zero-order valence-corrected chi connectivity index (χ0v) is 20.9. The molecule has 9 heteroatoms. The van der Waals surface area contributed by atoms with Crippen molar-refractivity contribution in [2.45, 2.75) is 16.7 Å². The number of pyridine rings is 1. The van der Waals surface area contributed by atoms with Gasteiger partial charge in [0.05, 0.1) is 35.5 Å². The molecule has 174 valence electrons. The Morgan fingerprint density at radius 3 is 2.18 bits per heavy atom. The quantitative estimate of drug-likeness (QED) is 0.276. The van der Waals surface area contributed by atoms with Crippen molar-refractivity contribution in [3.05, 3.63) is 76.4 Å². The molecule has 0 bridgehead atoms. The molecule has 0 aliphatic heterocycles. The number of fused-ring (bicyclic) bond motifs is 1. The van der Waals surface area contributed by atoms with E-state index in [0.29, 0.717) is 32.9 Å². The summed E-state index contributed by atoms with van der Waals surface area (Å²) in [6.07, 6.45) is 0. The van der Waals surface area contributed by atoms with Crippen molar-refractivity contribution < 1.29 is 14.3 Å². The van der Waals surface area contributed by atoms with Gasteiger partial charge in [-0.15, -0.1) is 0 Å². The molecule has 0 atom stereocenters. The van der Waals surface area contributed by atoms with E-state index >= 15 is 0 Å². The van der Waals surface area contributed by atoms with Crippen LogP contribution in [0.5, 0.6) is 11.5 Å². The number of urea groups is 1. The lowest BCUT2D eigenvalue weighted by Crippen LogP contribution is -2.19. The van der Waals surface area contributed by atoms with Gasteiger partial charge in [0.1, 0.15) is 0 Å². The Morgan fingerprint density at radius 1 is 0.853 bits per heavy atom. The van der Waals surface area contributed by atoms with Gasteiger partial charge in [-0.1, -0.05) is 35.0 Å². The SMILES string of the molecule is COc1cc2cc(Sc3ccc(NC(=O)Nc4ccc(Cl)c(Cl)c4)cc3)c(C)nc2cc1OC. The van der Waals surface area contributed by atoms with Gasteiger partial charge in [0.15, 0.2) is 11.5 Å². The van der Waals surface area contributed by atoms with E-state index in [1.165, 1.54) is 0 Å². The highest BCUT2D eigenvalue weighted by atomic mass is 35.5. The highest BCUT2D eigenvalue weighted by Crippen LogP contribution is 2.36. The monoisotopic (exact) mass is 513 g/mol. The molecular weight excluding hydrogens is 493 g/mol. The number of benzene rings is 3. The van der Waals surface area contributed by atoms with Crippen molar-refractivity contribution in [3.8, 4) is 11.5 Å². The minimum atomic E-state index is -0.377. The average molecular weight is 514 g/mol. The molecule has 1 aromatic heterocycles. The molecular formula is C25H21Cl2N3O3S. The number of nitrogens with zero attached hydrogens (tertiary/aromatic N) is 1. The maximum Gasteiger partial charge on any atom is 0.323 e. The highest BCUT2D eigenvalue weighted by Gasteiger charge is 2.11. The van der Waals surface area contributed by atoms with Crippen molar-refractivity contribution in [2.24, 2.45) is 0 Å². The van der Waals surface area contributed by atoms with Crippen LogP contribution in [0.2, 0.25) is 10.0 Å². The smallest absolute Gasteiger partial charge is 0.323 e. The standard InChI is InChI=1S/C25H21Cl2N3O3S/c1-14-24(11-15-10-22(32-2)23(33-3)13-21(15)28-14)34-18-7-4-16(5-8-18)29-25(31)30-17-6-9-19(26)20(27)12-17/h4-13H,1-3H3,(H2,29,30,31). The Hall–Kier alpha value is -3.13. The number of aryl methyl sites for hydroxylation is 1. The molecule has 0 unspecified atom stereocenters. The number of hydrogen-bond donors (Lipinski definition) is 2. The predicted molar refractivity (Wildman–Crippen MR) is 139 cm³/mol. The number of carbonyl (C=O) groups excluding carboxylic acids is 1. The van der Waals surface area contributed by atoms with Gasteiger partial charge in [-0.2, -0.15) is 0 Å². The second-order valence-corrected chi connectivity index (χ2v) is 9.24. The van der Waals surface area contributed by atoms with Gasteiger partial charge >= 0.3 is 6.03 Å². The highest BCUT2D eigenvalue weighted by molar-refractivity contribution is 7.99. The van der Waals surface area contributed by atoms with Gasteiger partial charge in [0.2, 0.25) is 0 Å². The summed E-state index contributed by atoms with van der Waals surface area (Å²) in [5.41, 5.74) is 2.96. The molecule has 0 fully saturated rings. The van der Waals surface area contributed by atoms with Crippen LogP contribution in [0.15, 0.2) is 70.5 Å². The summed E-state index contributed by atoms with van der Waals surface area (Å²) in [5.74, 6) is 1.31. The van der Waals surface area contributed by atoms with Crippen molar-refractivity contribution >= 4 is 63.3 Å². The third-order valence-corrected chi connectivity index (χ3v) is 6.86. The number of nitrogens with one attached hydrogen (secondary N) is 2. The number of carbonyl (C=O) groups is 1. The summed E-state index contributed by atoms with van der Waals surface area (Å²) >= 11 is 13.5. The normalized spacial score (nSPS) is 10.7. The summed E-state index contributed by atoms with van der Waals surface area (Å²) < 4.78 is 10.8. The second kappa shape index (κ2) is 10.4. The van der Waals surface area contributed by atoms with Gasteiger partial charge in [-0.3, -0.25) is 4.98 Å². The van der Waals surface area contributed by atoms with Crippen LogP contribution in [0.25, 0.3) is 10.9 Å². The van der Waals surface area contributed by atoms with Crippen LogP contribution < -0.4 is 20.1 Å². The number of hydrogen-bond acceptors (Lipinski definition) is 5. The average Bonchev–Trinajstić information content (AvgIpc) is 2.82. The van der Waals surface area contributed by atoms with Crippen LogP contribution in [0, 0.1) is 6.92 Å². The fraction of sp³-hybridized carbons (Fsp3) is 0.120. The van der Waals surface area contributed by atoms with Crippen LogP contribution in [0.4, 0.5) is 16.2 Å². The zero-order chi connectivity index (χ0) is 24.2. The minimum Gasteiger partial charge on any atom is -0.493 e. The van der Waals surface area contributed by atoms with E-state index < -0.39 is 0 Å². The van der Waals surface area contributed by atoms with Gasteiger partial charge in [-0.05, 0) is 61.5 Å². The van der Waals surface area contributed by atoms with E-state index in [4.69, 9.17) is 37.7 Å². The van der Waals surface area contributed by atoms with E-state index in [-0.39, 0.29) is 6.03 Å². The first-order valence-corrected chi connectivity index (χ1v) is 11.8. The Morgan fingerprint density at radius 2 is 1.50 bits per heavy atom. The number of halogens is 2. The van der Waals surface area contributed by atoms with Crippen LogP contribution in [-0.4, -0.2) is 25.2 Å². The van der Waals surface area contributed by atoms with Crippen LogP contribution in [-0.2, 0) is 0 Å². The Labute approximate surface area is 211 Å². The zero-order valence-electron chi connectivity index (χ0n) is 18.6. The molecule has 4 rings (SSSR count). The molecule has 4 aromatic rings. The lowest BCUT2D eigenvalue weighted by atomic mass is 10.2. The van der Waals surface area contributed by atoms with Gasteiger partial charge in [-0.25, -0.2) is 4.79 Å². The topological polar surface area (TPSA) is 72.5 Å². The summed E-state index contributed by atoms with van der Waals surface area (Å²) in [4.78, 5) is 19.1. The number of ether oxygens (including phenoxy) is 2. The molecule has 0 spiro atoms. The summed E-state index contributed by atoms with van der Waals surface area (Å²) in [5, 5.41) is 7.29. The maximum atomic E-state index is 12.3. The Kier molecular flexibility index (Phi) is 7.36. The third-order valence-electron chi connectivity index (χ3n) is 4.98. The largest absolute Gasteiger partial charge is 0.493 e. The van der Waals surface area contributed by atoms with E-state index in [1.807, 2.05) is 43.3 Å². The number of aromatic nitrogens is 1. The first kappa shape index (κ1) is 24.0. The molecule has 0 saturated heterocycles. The summed E-state index contributed by atoms with van der Waals surface area (Å²) in [6.45, 7) is 1.97. The molecule has 0 aliphatic carbocycles. The predicted octanol–water partition coefficient (Wildman–Crippen LogP) is 7.66. The molecule has 2 amide bonds. The van der Waals surface area contributed by atoms with E-state index in [1.54, 1.807) is 44.2 Å². The Bertz CT molecular complexity index is 1360. The molecule has 2 N–H and O–H groups in total. The van der Waals surface area contributed by atoms with E-state index in [9.17, 15) is 4.79 Å². The second-order valence-electron chi connectivity index (χ2n) is 7.31. The lowest BCUT2D eigenvalue weighted by molar-refractivity contribution is 0.262. The molecule has 6 nitrogen and oxygen atoms in total. The summed E-state index contributed by atoms with van der Waals surface area (Å²) in [6, 6.07) is 18.0. The van der Waals surface area contributed by atoms with Crippen molar-refractivity contribution in [2.75, 3.05) is 24.9 Å². The number of rotatable bonds is 6. The van der Waals surface area contributed by atoms with Crippen LogP contribution >= 0.6 is 35.0 Å². The maximum absolute atomic E-state index is 12.3. The molecule has 34 heavy (non-hydrogen) atoms. The molecule has 0 aliphatic rings. The number of amides is 2. The molecule has 0 radical (unpaired) electrons. The van der Waals surface area contributed by atoms with Crippen molar-refractivity contribution in [1.29, 1.82) is 0 Å². The first-order valence-electron chi connectivity index (χ1n) is 10.2. The van der Waals surface area contributed by atoms with Crippen LogP contribution in [0.3, 0.4) is 0 Å². The number of anilines is 2.